The molecule has 78 valence electrons. The second kappa shape index (κ2) is 4.31. The third-order valence-corrected chi connectivity index (χ3v) is 3.09. The second-order valence-corrected chi connectivity index (χ2v) is 4.20. The molecule has 0 radical (unpaired) electrons. The van der Waals surface area contributed by atoms with Crippen LogP contribution in [-0.2, 0) is 0 Å². The number of rotatable bonds is 2. The molecule has 2 atom stereocenters. The summed E-state index contributed by atoms with van der Waals surface area (Å²) in [6, 6.07) is 6.34. The molecule has 0 spiro atoms. The quantitative estimate of drug-likeness (QED) is 0.800. The van der Waals surface area contributed by atoms with Gasteiger partial charge in [-0.15, -0.1) is 0 Å². The van der Waals surface area contributed by atoms with Gasteiger partial charge in [0, 0.05) is 17.9 Å². The number of nitrogens with one attached hydrogen (secondary N) is 1. The highest BCUT2D eigenvalue weighted by atomic mass is 14.9. The Morgan fingerprint density at radius 1 is 1.53 bits per heavy atom. The highest BCUT2D eigenvalue weighted by Gasteiger charge is 2.22. The molecule has 1 fully saturated rings. The predicted molar refractivity (Wildman–Crippen MR) is 59.4 cm³/mol. The molecular formula is C12H15N3. The van der Waals surface area contributed by atoms with Gasteiger partial charge in [0.05, 0.1) is 0 Å². The molecule has 1 aliphatic rings. The highest BCUT2D eigenvalue weighted by molar-refractivity contribution is 5.46. The van der Waals surface area contributed by atoms with E-state index >= 15 is 0 Å². The van der Waals surface area contributed by atoms with Crippen molar-refractivity contribution in [3.8, 4) is 6.07 Å². The minimum absolute atomic E-state index is 0.477. The molecule has 1 aliphatic carbocycles. The summed E-state index contributed by atoms with van der Waals surface area (Å²) in [6.07, 6.45) is 5.51. The second-order valence-electron chi connectivity index (χ2n) is 4.20. The van der Waals surface area contributed by atoms with Gasteiger partial charge >= 0.3 is 0 Å². The zero-order valence-electron chi connectivity index (χ0n) is 8.90. The van der Waals surface area contributed by atoms with Crippen LogP contribution in [0.1, 0.15) is 31.9 Å². The first-order valence-corrected chi connectivity index (χ1v) is 5.42. The first-order valence-electron chi connectivity index (χ1n) is 5.42. The third-order valence-electron chi connectivity index (χ3n) is 3.09. The van der Waals surface area contributed by atoms with Gasteiger partial charge in [0.2, 0.25) is 0 Å². The molecule has 1 aromatic heterocycles. The smallest absolute Gasteiger partial charge is 0.142 e. The van der Waals surface area contributed by atoms with Gasteiger partial charge in [0.15, 0.2) is 0 Å². The fourth-order valence-electron chi connectivity index (χ4n) is 2.16. The number of hydrogen-bond donors (Lipinski definition) is 1. The van der Waals surface area contributed by atoms with Crippen LogP contribution >= 0.6 is 0 Å². The predicted octanol–water partition coefficient (Wildman–Crippen LogP) is 2.55. The summed E-state index contributed by atoms with van der Waals surface area (Å²) < 4.78 is 0. The van der Waals surface area contributed by atoms with Crippen molar-refractivity contribution in [2.24, 2.45) is 5.92 Å². The van der Waals surface area contributed by atoms with E-state index in [4.69, 9.17) is 5.26 Å². The van der Waals surface area contributed by atoms with Crippen molar-refractivity contribution >= 4 is 5.69 Å². The van der Waals surface area contributed by atoms with E-state index in [1.807, 2.05) is 12.1 Å². The summed E-state index contributed by atoms with van der Waals surface area (Å²) >= 11 is 0. The Labute approximate surface area is 90.1 Å². The fourth-order valence-corrected chi connectivity index (χ4v) is 2.16. The summed E-state index contributed by atoms with van der Waals surface area (Å²) in [4.78, 5) is 3.95. The molecule has 2 unspecified atom stereocenters. The molecule has 3 nitrogen and oxygen atoms in total. The number of hydrogen-bond acceptors (Lipinski definition) is 3. The standard InChI is InChI=1S/C12H15N3/c1-9-3-2-4-12(9)15-10-5-6-14-11(7-10)8-13/h5-7,9,12H,2-4H2,1H3,(H,14,15). The Kier molecular flexibility index (Phi) is 2.86. The van der Waals surface area contributed by atoms with Crippen LogP contribution in [-0.4, -0.2) is 11.0 Å². The molecule has 2 rings (SSSR count). The molecule has 0 bridgehead atoms. The Hall–Kier alpha value is -1.56. The fraction of sp³-hybridized carbons (Fsp3) is 0.500. The van der Waals surface area contributed by atoms with E-state index in [0.29, 0.717) is 11.7 Å². The number of aromatic nitrogens is 1. The van der Waals surface area contributed by atoms with Crippen LogP contribution in [0.3, 0.4) is 0 Å². The molecule has 1 aromatic rings. The van der Waals surface area contributed by atoms with Gasteiger partial charge in [0.1, 0.15) is 11.8 Å². The number of nitriles is 1. The Morgan fingerprint density at radius 2 is 2.40 bits per heavy atom. The summed E-state index contributed by atoms with van der Waals surface area (Å²) in [5.74, 6) is 0.726. The number of anilines is 1. The van der Waals surface area contributed by atoms with Crippen molar-refractivity contribution in [2.75, 3.05) is 5.32 Å². The van der Waals surface area contributed by atoms with Gasteiger partial charge in [-0.1, -0.05) is 13.3 Å². The van der Waals surface area contributed by atoms with Crippen LogP contribution in [0, 0.1) is 17.2 Å². The summed E-state index contributed by atoms with van der Waals surface area (Å²) in [5, 5.41) is 12.2. The van der Waals surface area contributed by atoms with Crippen LogP contribution in [0.4, 0.5) is 5.69 Å². The molecule has 0 amide bonds. The minimum Gasteiger partial charge on any atom is -0.382 e. The Bertz CT molecular complexity index is 381. The van der Waals surface area contributed by atoms with E-state index in [2.05, 4.69) is 23.3 Å². The van der Waals surface area contributed by atoms with Gasteiger partial charge in [-0.05, 0) is 30.9 Å². The lowest BCUT2D eigenvalue weighted by Crippen LogP contribution is -2.21. The highest BCUT2D eigenvalue weighted by Crippen LogP contribution is 2.27. The average Bonchev–Trinajstić information content (AvgIpc) is 2.65. The maximum atomic E-state index is 8.73. The van der Waals surface area contributed by atoms with Gasteiger partial charge in [-0.25, -0.2) is 4.98 Å². The number of nitrogens with zero attached hydrogens (tertiary/aromatic N) is 2. The van der Waals surface area contributed by atoms with Crippen LogP contribution < -0.4 is 5.32 Å². The van der Waals surface area contributed by atoms with E-state index in [9.17, 15) is 0 Å². The molecule has 0 saturated heterocycles. The first-order chi connectivity index (χ1) is 7.29. The average molecular weight is 201 g/mol. The van der Waals surface area contributed by atoms with Gasteiger partial charge < -0.3 is 5.32 Å². The molecule has 0 aromatic carbocycles. The lowest BCUT2D eigenvalue weighted by atomic mass is 10.1. The van der Waals surface area contributed by atoms with Crippen LogP contribution in [0.2, 0.25) is 0 Å². The summed E-state index contributed by atoms with van der Waals surface area (Å²) in [5.41, 5.74) is 1.49. The van der Waals surface area contributed by atoms with Crippen molar-refractivity contribution < 1.29 is 0 Å². The maximum absolute atomic E-state index is 8.73. The van der Waals surface area contributed by atoms with Crippen LogP contribution in [0.5, 0.6) is 0 Å². The number of pyridine rings is 1. The van der Waals surface area contributed by atoms with Gasteiger partial charge in [-0.2, -0.15) is 5.26 Å². The lowest BCUT2D eigenvalue weighted by molar-refractivity contribution is 0.556. The van der Waals surface area contributed by atoms with Gasteiger partial charge in [0.25, 0.3) is 0 Å². The zero-order valence-corrected chi connectivity index (χ0v) is 8.90. The Balaban J connectivity index is 2.07. The van der Waals surface area contributed by atoms with E-state index < -0.39 is 0 Å². The van der Waals surface area contributed by atoms with E-state index in [1.165, 1.54) is 19.3 Å². The van der Waals surface area contributed by atoms with Crippen molar-refractivity contribution in [1.29, 1.82) is 5.26 Å². The normalized spacial score (nSPS) is 24.8. The van der Waals surface area contributed by atoms with Crippen molar-refractivity contribution in [3.05, 3.63) is 24.0 Å². The SMILES string of the molecule is CC1CCCC1Nc1ccnc(C#N)c1. The van der Waals surface area contributed by atoms with Crippen molar-refractivity contribution in [2.45, 2.75) is 32.2 Å². The van der Waals surface area contributed by atoms with Crippen molar-refractivity contribution in [1.82, 2.24) is 4.98 Å². The molecular weight excluding hydrogens is 186 g/mol. The topological polar surface area (TPSA) is 48.7 Å². The van der Waals surface area contributed by atoms with E-state index in [1.54, 1.807) is 6.20 Å². The van der Waals surface area contributed by atoms with E-state index in [0.717, 1.165) is 11.6 Å². The maximum Gasteiger partial charge on any atom is 0.142 e. The minimum atomic E-state index is 0.477. The molecule has 1 saturated carbocycles. The molecule has 15 heavy (non-hydrogen) atoms. The van der Waals surface area contributed by atoms with Crippen LogP contribution in [0.25, 0.3) is 0 Å². The van der Waals surface area contributed by atoms with Crippen LogP contribution in [0.15, 0.2) is 18.3 Å². The molecule has 1 N–H and O–H groups in total. The Morgan fingerprint density at radius 3 is 3.07 bits per heavy atom. The molecule has 3 heteroatoms. The summed E-state index contributed by atoms with van der Waals surface area (Å²) in [7, 11) is 0. The van der Waals surface area contributed by atoms with Crippen molar-refractivity contribution in [3.63, 3.8) is 0 Å². The lowest BCUT2D eigenvalue weighted by Gasteiger charge is -2.18. The zero-order chi connectivity index (χ0) is 10.7. The van der Waals surface area contributed by atoms with E-state index in [-0.39, 0.29) is 0 Å². The summed E-state index contributed by atoms with van der Waals surface area (Å²) in [6.45, 7) is 2.27. The first kappa shape index (κ1) is 9.97. The molecule has 1 heterocycles. The third kappa shape index (κ3) is 2.27. The van der Waals surface area contributed by atoms with Gasteiger partial charge in [-0.3, -0.25) is 0 Å². The largest absolute Gasteiger partial charge is 0.382 e. The molecule has 0 aliphatic heterocycles. The monoisotopic (exact) mass is 201 g/mol.